The van der Waals surface area contributed by atoms with Gasteiger partial charge in [0.25, 0.3) is 0 Å². The SMILES string of the molecule is CC1(C)OB(CC2=CC3CCCC(C2)S3(=O)=O)OC1(C)C. The fourth-order valence-corrected chi connectivity index (χ4v) is 5.87. The van der Waals surface area contributed by atoms with Crippen molar-refractivity contribution in [2.75, 3.05) is 0 Å². The van der Waals surface area contributed by atoms with Crippen molar-refractivity contribution < 1.29 is 17.7 Å². The van der Waals surface area contributed by atoms with Crippen LogP contribution in [0, 0.1) is 0 Å². The van der Waals surface area contributed by atoms with E-state index in [0.717, 1.165) is 19.3 Å². The highest BCUT2D eigenvalue weighted by Gasteiger charge is 2.51. The molecule has 21 heavy (non-hydrogen) atoms. The summed E-state index contributed by atoms with van der Waals surface area (Å²) >= 11 is 0. The largest absolute Gasteiger partial charge is 0.462 e. The van der Waals surface area contributed by atoms with Crippen LogP contribution in [0.1, 0.15) is 53.4 Å². The molecule has 0 amide bonds. The Labute approximate surface area is 128 Å². The van der Waals surface area contributed by atoms with E-state index in [2.05, 4.69) is 0 Å². The first-order valence-electron chi connectivity index (χ1n) is 7.90. The van der Waals surface area contributed by atoms with E-state index in [4.69, 9.17) is 9.31 Å². The summed E-state index contributed by atoms with van der Waals surface area (Å²) in [4.78, 5) is 0. The fraction of sp³-hybridized carbons (Fsp3) is 0.867. The zero-order valence-corrected chi connectivity index (χ0v) is 14.2. The van der Waals surface area contributed by atoms with Crippen LogP contribution in [-0.2, 0) is 19.1 Å². The Balaban J connectivity index is 1.74. The van der Waals surface area contributed by atoms with Gasteiger partial charge in [0.1, 0.15) is 0 Å². The number of sulfone groups is 1. The van der Waals surface area contributed by atoms with Crippen LogP contribution >= 0.6 is 0 Å². The molecule has 3 aliphatic rings. The zero-order valence-electron chi connectivity index (χ0n) is 13.4. The van der Waals surface area contributed by atoms with Gasteiger partial charge in [0.15, 0.2) is 9.84 Å². The highest BCUT2D eigenvalue weighted by Crippen LogP contribution is 2.41. The molecule has 0 aromatic carbocycles. The first kappa shape index (κ1) is 15.6. The monoisotopic (exact) mass is 312 g/mol. The van der Waals surface area contributed by atoms with E-state index in [1.165, 1.54) is 5.57 Å². The van der Waals surface area contributed by atoms with Gasteiger partial charge in [-0.3, -0.25) is 0 Å². The third kappa shape index (κ3) is 2.59. The average molecular weight is 312 g/mol. The standard InChI is InChI=1S/C15H25BO4S/c1-14(2)15(3,4)20-16(19-14)10-11-8-12-6-5-7-13(9-11)21(12,17)18/h8,12-13H,5-7,9-10H2,1-4H3. The van der Waals surface area contributed by atoms with Gasteiger partial charge in [-0.1, -0.05) is 18.1 Å². The predicted octanol–water partition coefficient (Wildman–Crippen LogP) is 2.74. The summed E-state index contributed by atoms with van der Waals surface area (Å²) in [6.45, 7) is 8.17. The molecule has 2 unspecified atom stereocenters. The maximum atomic E-state index is 12.3. The van der Waals surface area contributed by atoms with Gasteiger partial charge in [0.2, 0.25) is 0 Å². The van der Waals surface area contributed by atoms with Gasteiger partial charge in [-0.25, -0.2) is 8.42 Å². The third-order valence-corrected chi connectivity index (χ3v) is 8.09. The smallest absolute Gasteiger partial charge is 0.403 e. The van der Waals surface area contributed by atoms with Crippen LogP contribution in [0.4, 0.5) is 0 Å². The van der Waals surface area contributed by atoms with Crippen molar-refractivity contribution in [3.05, 3.63) is 11.6 Å². The fourth-order valence-electron chi connectivity index (χ4n) is 3.56. The van der Waals surface area contributed by atoms with Crippen molar-refractivity contribution in [2.45, 2.75) is 81.4 Å². The predicted molar refractivity (Wildman–Crippen MR) is 83.9 cm³/mol. The number of allylic oxidation sites excluding steroid dienone is 1. The van der Waals surface area contributed by atoms with E-state index in [0.29, 0.717) is 12.7 Å². The van der Waals surface area contributed by atoms with E-state index < -0.39 is 9.84 Å². The number of fused-ring (bicyclic) bond motifs is 2. The summed E-state index contributed by atoms with van der Waals surface area (Å²) in [6.07, 6.45) is 5.91. The maximum Gasteiger partial charge on any atom is 0.462 e. The molecule has 3 heterocycles. The normalized spacial score (nSPS) is 36.4. The Hall–Kier alpha value is -0.325. The summed E-state index contributed by atoms with van der Waals surface area (Å²) in [5, 5.41) is -0.457. The van der Waals surface area contributed by atoms with Crippen LogP contribution in [0.3, 0.4) is 0 Å². The Morgan fingerprint density at radius 3 is 2.38 bits per heavy atom. The Morgan fingerprint density at radius 1 is 1.19 bits per heavy atom. The van der Waals surface area contributed by atoms with Gasteiger partial charge in [-0.05, 0) is 47.0 Å². The molecule has 0 spiro atoms. The summed E-state index contributed by atoms with van der Waals surface area (Å²) < 4.78 is 36.6. The van der Waals surface area contributed by atoms with Crippen molar-refractivity contribution in [1.82, 2.24) is 0 Å². The lowest BCUT2D eigenvalue weighted by atomic mass is 9.77. The highest BCUT2D eigenvalue weighted by atomic mass is 32.2. The topological polar surface area (TPSA) is 52.6 Å². The average Bonchev–Trinajstić information content (AvgIpc) is 2.48. The van der Waals surface area contributed by atoms with Crippen LogP contribution in [-0.4, -0.2) is 37.2 Å². The third-order valence-electron chi connectivity index (χ3n) is 5.54. The van der Waals surface area contributed by atoms with Crippen molar-refractivity contribution >= 4 is 17.0 Å². The summed E-state index contributed by atoms with van der Waals surface area (Å²) in [6, 6.07) is 0. The van der Waals surface area contributed by atoms with Crippen LogP contribution in [0.5, 0.6) is 0 Å². The summed E-state index contributed by atoms with van der Waals surface area (Å²) in [7, 11) is -3.20. The van der Waals surface area contributed by atoms with Gasteiger partial charge in [0, 0.05) is 6.32 Å². The van der Waals surface area contributed by atoms with Crippen molar-refractivity contribution in [3.63, 3.8) is 0 Å². The number of hydrogen-bond donors (Lipinski definition) is 0. The Morgan fingerprint density at radius 2 is 1.81 bits per heavy atom. The Kier molecular flexibility index (Phi) is 3.58. The Bertz CT molecular complexity index is 548. The van der Waals surface area contributed by atoms with E-state index in [1.807, 2.05) is 33.8 Å². The van der Waals surface area contributed by atoms with E-state index >= 15 is 0 Å². The lowest BCUT2D eigenvalue weighted by molar-refractivity contribution is 0.00578. The quantitative estimate of drug-likeness (QED) is 0.581. The molecule has 3 aliphatic heterocycles. The molecule has 3 rings (SSSR count). The molecule has 2 bridgehead atoms. The lowest BCUT2D eigenvalue weighted by Crippen LogP contribution is -2.41. The minimum atomic E-state index is -2.94. The van der Waals surface area contributed by atoms with Gasteiger partial charge < -0.3 is 9.31 Å². The van der Waals surface area contributed by atoms with E-state index in [9.17, 15) is 8.42 Å². The first-order chi connectivity index (χ1) is 9.62. The molecule has 2 saturated heterocycles. The highest BCUT2D eigenvalue weighted by molar-refractivity contribution is 7.92. The molecular formula is C15H25BO4S. The second kappa shape index (κ2) is 4.83. The van der Waals surface area contributed by atoms with Gasteiger partial charge in [0.05, 0.1) is 21.7 Å². The van der Waals surface area contributed by atoms with Crippen LogP contribution in [0.2, 0.25) is 6.32 Å². The van der Waals surface area contributed by atoms with Crippen LogP contribution in [0.25, 0.3) is 0 Å². The number of rotatable bonds is 2. The number of hydrogen-bond acceptors (Lipinski definition) is 4. The molecule has 2 atom stereocenters. The van der Waals surface area contributed by atoms with Gasteiger partial charge in [-0.2, -0.15) is 0 Å². The molecule has 0 aromatic rings. The second-order valence-corrected chi connectivity index (χ2v) is 10.0. The molecule has 118 valence electrons. The molecular weight excluding hydrogens is 287 g/mol. The minimum absolute atomic E-state index is 0.182. The molecule has 0 aromatic heterocycles. The summed E-state index contributed by atoms with van der Waals surface area (Å²) in [5.74, 6) is 0. The van der Waals surface area contributed by atoms with Gasteiger partial charge >= 0.3 is 7.12 Å². The van der Waals surface area contributed by atoms with Crippen molar-refractivity contribution in [1.29, 1.82) is 0 Å². The molecule has 2 fully saturated rings. The molecule has 0 N–H and O–H groups in total. The van der Waals surface area contributed by atoms with E-state index in [-0.39, 0.29) is 28.8 Å². The molecule has 6 heteroatoms. The minimum Gasteiger partial charge on any atom is -0.403 e. The molecule has 0 aliphatic carbocycles. The van der Waals surface area contributed by atoms with Crippen LogP contribution < -0.4 is 0 Å². The summed E-state index contributed by atoms with van der Waals surface area (Å²) in [5.41, 5.74) is 0.543. The molecule has 0 radical (unpaired) electrons. The second-order valence-electron chi connectivity index (χ2n) is 7.60. The van der Waals surface area contributed by atoms with E-state index in [1.54, 1.807) is 0 Å². The van der Waals surface area contributed by atoms with Gasteiger partial charge in [-0.15, -0.1) is 0 Å². The van der Waals surface area contributed by atoms with Crippen molar-refractivity contribution in [3.8, 4) is 0 Å². The molecule has 4 nitrogen and oxygen atoms in total. The lowest BCUT2D eigenvalue weighted by Gasteiger charge is -2.33. The maximum absolute atomic E-state index is 12.3. The van der Waals surface area contributed by atoms with Crippen LogP contribution in [0.15, 0.2) is 11.6 Å². The van der Waals surface area contributed by atoms with Crippen molar-refractivity contribution in [2.24, 2.45) is 0 Å². The first-order valence-corrected chi connectivity index (χ1v) is 9.51. The molecule has 0 saturated carbocycles. The zero-order chi connectivity index (χ0) is 15.5.